The maximum atomic E-state index is 13.4. The topological polar surface area (TPSA) is 105 Å². The summed E-state index contributed by atoms with van der Waals surface area (Å²) in [5, 5.41) is 6.11. The number of rotatable bonds is 8. The third-order valence-electron chi connectivity index (χ3n) is 6.17. The van der Waals surface area contributed by atoms with Gasteiger partial charge in [0.05, 0.1) is 24.6 Å². The Balaban J connectivity index is 1.21. The number of nitrogens with one attached hydrogen (secondary N) is 2. The largest absolute Gasteiger partial charge is 0.387 e. The summed E-state index contributed by atoms with van der Waals surface area (Å²) in [6.45, 7) is 0.652. The minimum Gasteiger partial charge on any atom is -0.387 e. The van der Waals surface area contributed by atoms with E-state index >= 15 is 0 Å². The van der Waals surface area contributed by atoms with Gasteiger partial charge in [0.25, 0.3) is 0 Å². The average Bonchev–Trinajstić information content (AvgIpc) is 3.38. The molecular formula is C27H23F2IN6OS. The summed E-state index contributed by atoms with van der Waals surface area (Å²) in [5.41, 5.74) is 9.44. The van der Waals surface area contributed by atoms with Crippen LogP contribution in [0.5, 0.6) is 0 Å². The van der Waals surface area contributed by atoms with Gasteiger partial charge in [-0.05, 0) is 76.6 Å². The number of amidine groups is 1. The van der Waals surface area contributed by atoms with Crippen LogP contribution >= 0.6 is 33.9 Å². The highest BCUT2D eigenvalue weighted by Gasteiger charge is 2.25. The predicted molar refractivity (Wildman–Crippen MR) is 155 cm³/mol. The van der Waals surface area contributed by atoms with Crippen molar-refractivity contribution in [2.24, 2.45) is 21.6 Å². The number of allylic oxidation sites excluding steroid dienone is 3. The fraction of sp³-hybridized carbons (Fsp3) is 0.185. The molecule has 1 aromatic carbocycles. The predicted octanol–water partition coefficient (Wildman–Crippen LogP) is 5.18. The van der Waals surface area contributed by atoms with E-state index in [1.54, 1.807) is 17.5 Å². The Morgan fingerprint density at radius 2 is 2.00 bits per heavy atom. The number of aromatic nitrogens is 1. The highest BCUT2D eigenvalue weighted by atomic mass is 127. The van der Waals surface area contributed by atoms with Gasteiger partial charge in [0.2, 0.25) is 5.91 Å². The molecule has 2 aliphatic rings. The van der Waals surface area contributed by atoms with Crippen LogP contribution in [0.1, 0.15) is 27.3 Å². The summed E-state index contributed by atoms with van der Waals surface area (Å²) < 4.78 is 27.5. The summed E-state index contributed by atoms with van der Waals surface area (Å²) in [5.74, 6) is -0.887. The lowest BCUT2D eigenvalue weighted by atomic mass is 9.89. The van der Waals surface area contributed by atoms with Crippen LogP contribution in [0.4, 0.5) is 14.6 Å². The van der Waals surface area contributed by atoms with Gasteiger partial charge in [-0.3, -0.25) is 4.79 Å². The summed E-state index contributed by atoms with van der Waals surface area (Å²) in [7, 11) is 0. The Labute approximate surface area is 235 Å². The number of pyridine rings is 1. The lowest BCUT2D eigenvalue weighted by molar-refractivity contribution is -0.120. The van der Waals surface area contributed by atoms with Crippen molar-refractivity contribution in [3.05, 3.63) is 96.5 Å². The highest BCUT2D eigenvalue weighted by molar-refractivity contribution is 14.1. The van der Waals surface area contributed by atoms with Crippen LogP contribution in [0.15, 0.2) is 70.4 Å². The zero-order valence-corrected chi connectivity index (χ0v) is 23.0. The van der Waals surface area contributed by atoms with Crippen LogP contribution in [0.3, 0.4) is 0 Å². The van der Waals surface area contributed by atoms with Gasteiger partial charge in [-0.2, -0.15) is 0 Å². The normalized spacial score (nSPS) is 16.3. The third kappa shape index (κ3) is 6.16. The van der Waals surface area contributed by atoms with E-state index in [0.717, 1.165) is 43.1 Å². The number of nitrogens with zero attached hydrogens (tertiary/aromatic N) is 3. The van der Waals surface area contributed by atoms with Crippen molar-refractivity contribution < 1.29 is 13.6 Å². The van der Waals surface area contributed by atoms with Gasteiger partial charge < -0.3 is 16.4 Å². The van der Waals surface area contributed by atoms with E-state index in [4.69, 9.17) is 5.73 Å². The van der Waals surface area contributed by atoms with Crippen LogP contribution in [-0.4, -0.2) is 23.1 Å². The lowest BCUT2D eigenvalue weighted by Crippen LogP contribution is -2.28. The number of thiophene rings is 1. The van der Waals surface area contributed by atoms with E-state index in [0.29, 0.717) is 23.8 Å². The molecule has 194 valence electrons. The number of carbonyl (C=O) groups is 1. The van der Waals surface area contributed by atoms with Gasteiger partial charge in [-0.25, -0.2) is 23.7 Å². The average molecular weight is 644 g/mol. The molecule has 11 heteroatoms. The van der Waals surface area contributed by atoms with Gasteiger partial charge in [-0.15, -0.1) is 11.3 Å². The Bertz CT molecular complexity index is 1510. The first-order valence-corrected chi connectivity index (χ1v) is 13.7. The molecule has 1 amide bonds. The van der Waals surface area contributed by atoms with Gasteiger partial charge in [0.15, 0.2) is 11.6 Å². The molecule has 5 rings (SSSR count). The molecule has 0 saturated heterocycles. The Hall–Kier alpha value is -3.45. The smallest absolute Gasteiger partial charge is 0.224 e. The molecule has 1 aliphatic heterocycles. The fourth-order valence-corrected chi connectivity index (χ4v) is 5.69. The van der Waals surface area contributed by atoms with Crippen molar-refractivity contribution >= 4 is 63.4 Å². The number of halogens is 3. The standard InChI is InChI=1S/C27H23F2IN6OS/c28-21-4-1-15(7-22(21)29)11-32-25(37)10-17-8-18(30)12-33-27(17)34-13-19-3-6-24(38-19)16-2-5-23-20(9-16)26(31)36-14-35-23/h1-8,12,14,20H,9-11,13H2,(H,32,37)(H,33,34)(H2,31,35,36). The number of anilines is 1. The summed E-state index contributed by atoms with van der Waals surface area (Å²) in [4.78, 5) is 27.8. The molecule has 0 fully saturated rings. The summed E-state index contributed by atoms with van der Waals surface area (Å²) in [6, 6.07) is 9.64. The molecule has 3 aromatic rings. The molecule has 3 heterocycles. The quantitative estimate of drug-likeness (QED) is 0.294. The fourth-order valence-electron chi connectivity index (χ4n) is 4.20. The maximum absolute atomic E-state index is 13.4. The van der Waals surface area contributed by atoms with Crippen LogP contribution in [0.25, 0.3) is 5.57 Å². The van der Waals surface area contributed by atoms with Gasteiger partial charge in [0.1, 0.15) is 18.0 Å². The van der Waals surface area contributed by atoms with E-state index in [2.05, 4.69) is 66.4 Å². The number of hydrogen-bond donors (Lipinski definition) is 3. The van der Waals surface area contributed by atoms with Crippen molar-refractivity contribution in [2.75, 3.05) is 5.32 Å². The van der Waals surface area contributed by atoms with Crippen molar-refractivity contribution in [3.8, 4) is 0 Å². The van der Waals surface area contributed by atoms with Crippen molar-refractivity contribution in [1.29, 1.82) is 0 Å². The number of amides is 1. The minimum atomic E-state index is -0.941. The number of carbonyl (C=O) groups excluding carboxylic acids is 1. The van der Waals surface area contributed by atoms with E-state index in [1.165, 1.54) is 18.0 Å². The first-order valence-electron chi connectivity index (χ1n) is 11.8. The maximum Gasteiger partial charge on any atom is 0.224 e. The minimum absolute atomic E-state index is 0.00968. The third-order valence-corrected chi connectivity index (χ3v) is 7.92. The molecule has 0 radical (unpaired) electrons. The van der Waals surface area contributed by atoms with E-state index in [-0.39, 0.29) is 24.8 Å². The molecule has 4 N–H and O–H groups in total. The summed E-state index contributed by atoms with van der Waals surface area (Å²) >= 11 is 3.84. The van der Waals surface area contributed by atoms with Crippen molar-refractivity contribution in [3.63, 3.8) is 0 Å². The Kier molecular flexibility index (Phi) is 7.93. The van der Waals surface area contributed by atoms with Crippen molar-refractivity contribution in [2.45, 2.75) is 25.9 Å². The van der Waals surface area contributed by atoms with E-state index in [9.17, 15) is 13.6 Å². The van der Waals surface area contributed by atoms with Crippen LogP contribution < -0.4 is 16.4 Å². The first-order chi connectivity index (χ1) is 18.4. The molecule has 1 unspecified atom stereocenters. The van der Waals surface area contributed by atoms with E-state index in [1.807, 2.05) is 12.1 Å². The number of hydrogen-bond acceptors (Lipinski definition) is 7. The number of aliphatic imine (C=N–C) groups is 2. The first kappa shape index (κ1) is 26.2. The molecule has 1 atom stereocenters. The second-order valence-corrected chi connectivity index (χ2v) is 11.2. The Morgan fingerprint density at radius 1 is 1.13 bits per heavy atom. The zero-order valence-electron chi connectivity index (χ0n) is 20.0. The molecule has 0 saturated carbocycles. The molecule has 2 aromatic heterocycles. The number of fused-ring (bicyclic) bond motifs is 1. The van der Waals surface area contributed by atoms with Crippen LogP contribution in [-0.2, 0) is 24.3 Å². The molecule has 7 nitrogen and oxygen atoms in total. The highest BCUT2D eigenvalue weighted by Crippen LogP contribution is 2.36. The van der Waals surface area contributed by atoms with Gasteiger partial charge >= 0.3 is 0 Å². The zero-order chi connectivity index (χ0) is 26.6. The second kappa shape index (κ2) is 11.5. The monoisotopic (exact) mass is 644 g/mol. The second-order valence-electron chi connectivity index (χ2n) is 8.82. The van der Waals surface area contributed by atoms with E-state index < -0.39 is 11.6 Å². The lowest BCUT2D eigenvalue weighted by Gasteiger charge is -2.23. The molecule has 1 aliphatic carbocycles. The van der Waals surface area contributed by atoms with Crippen LogP contribution in [0.2, 0.25) is 0 Å². The Morgan fingerprint density at radius 3 is 2.84 bits per heavy atom. The molecular weight excluding hydrogens is 621 g/mol. The molecule has 0 spiro atoms. The van der Waals surface area contributed by atoms with Crippen LogP contribution in [0, 0.1) is 21.1 Å². The number of nitrogens with two attached hydrogens (primary N) is 1. The van der Waals surface area contributed by atoms with Gasteiger partial charge in [0, 0.05) is 31.6 Å². The molecule has 38 heavy (non-hydrogen) atoms. The molecule has 0 bridgehead atoms. The van der Waals surface area contributed by atoms with Gasteiger partial charge in [-0.1, -0.05) is 12.1 Å². The van der Waals surface area contributed by atoms with Crippen molar-refractivity contribution in [1.82, 2.24) is 10.3 Å². The summed E-state index contributed by atoms with van der Waals surface area (Å²) in [6.07, 6.45) is 8.17. The SMILES string of the molecule is NC1=NC=NC2=CC=C(c3ccc(CNc4ncc(I)cc4CC(=O)NCc4ccc(F)c(F)c4)s3)CC21. The number of benzene rings is 1.